The number of aromatic carboxylic acids is 1. The number of carbonyl (C=O) groups excluding carboxylic acids is 1. The molecule has 7 N–H and O–H groups in total. The standard InChI is InChI=1S/C21H16N8O11S2/c1-8(30)22-10-2-4-11(5-3-10)24-25-15-12(41-40-39-35)6-9-7-13(42(36,37)38)16(18(32)14(9)17(15)31)26-28-21-23-19(20(33)34)27-29-21/h2-7,31-32,35H,1H3,(H,22,30)(H,33,34)(H,23,27,29)(H,36,37,38). The van der Waals surface area contributed by atoms with Crippen molar-refractivity contribution in [1.82, 2.24) is 15.2 Å². The number of nitrogens with one attached hydrogen (secondary N) is 2. The van der Waals surface area contributed by atoms with Crippen LogP contribution in [0.1, 0.15) is 17.5 Å². The first-order valence-electron chi connectivity index (χ1n) is 10.9. The summed E-state index contributed by atoms with van der Waals surface area (Å²) in [6, 6.07) is 8.01. The lowest BCUT2D eigenvalue weighted by atomic mass is 10.1. The molecule has 1 aromatic heterocycles. The summed E-state index contributed by atoms with van der Waals surface area (Å²) < 4.78 is 38.5. The van der Waals surface area contributed by atoms with Gasteiger partial charge in [0.1, 0.15) is 16.3 Å². The number of aromatic amines is 1. The molecule has 0 radical (unpaired) electrons. The molecule has 0 saturated heterocycles. The molecule has 4 aromatic rings. The van der Waals surface area contributed by atoms with Gasteiger partial charge in [0.2, 0.25) is 11.7 Å². The number of phenolic OH excluding ortho intramolecular Hbond substituents is 2. The van der Waals surface area contributed by atoms with Gasteiger partial charge in [-0.05, 0) is 41.8 Å². The number of carboxylic acids is 1. The Bertz CT molecular complexity index is 1860. The minimum Gasteiger partial charge on any atom is -0.505 e. The number of hydrogen-bond acceptors (Lipinski definition) is 16. The number of benzene rings is 3. The van der Waals surface area contributed by atoms with Gasteiger partial charge < -0.3 is 20.6 Å². The van der Waals surface area contributed by atoms with Crippen LogP contribution in [0.2, 0.25) is 0 Å². The van der Waals surface area contributed by atoms with Crippen LogP contribution < -0.4 is 5.32 Å². The van der Waals surface area contributed by atoms with Crippen molar-refractivity contribution in [3.63, 3.8) is 0 Å². The van der Waals surface area contributed by atoms with Crippen molar-refractivity contribution in [2.24, 2.45) is 20.5 Å². The first-order valence-corrected chi connectivity index (χ1v) is 13.1. The number of amides is 1. The third-order valence-electron chi connectivity index (χ3n) is 5.06. The second-order valence-electron chi connectivity index (χ2n) is 7.87. The van der Waals surface area contributed by atoms with Gasteiger partial charge in [-0.1, -0.05) is 5.04 Å². The molecule has 3 aromatic carbocycles. The van der Waals surface area contributed by atoms with Crippen LogP contribution in [0.25, 0.3) is 10.8 Å². The Morgan fingerprint density at radius 2 is 1.67 bits per heavy atom. The molecule has 21 heteroatoms. The molecule has 0 aliphatic heterocycles. The zero-order chi connectivity index (χ0) is 30.6. The lowest BCUT2D eigenvalue weighted by molar-refractivity contribution is -0.432. The molecule has 218 valence electrons. The molecule has 0 spiro atoms. The van der Waals surface area contributed by atoms with Crippen LogP contribution in [-0.2, 0) is 24.3 Å². The van der Waals surface area contributed by atoms with E-state index in [4.69, 9.17) is 10.4 Å². The van der Waals surface area contributed by atoms with E-state index >= 15 is 0 Å². The number of carboxylic acid groups (broad SMARTS) is 1. The summed E-state index contributed by atoms with van der Waals surface area (Å²) in [5, 5.41) is 66.9. The van der Waals surface area contributed by atoms with E-state index in [0.29, 0.717) is 17.7 Å². The molecule has 4 rings (SSSR count). The van der Waals surface area contributed by atoms with Crippen molar-refractivity contribution in [3.8, 4) is 11.5 Å². The molecule has 0 fully saturated rings. The van der Waals surface area contributed by atoms with Gasteiger partial charge in [0.05, 0.1) is 28.0 Å². The van der Waals surface area contributed by atoms with E-state index in [9.17, 15) is 32.8 Å². The maximum Gasteiger partial charge on any atom is 0.373 e. The summed E-state index contributed by atoms with van der Waals surface area (Å²) in [6.45, 7) is 1.33. The molecule has 0 aliphatic carbocycles. The van der Waals surface area contributed by atoms with E-state index in [1.165, 1.54) is 31.2 Å². The van der Waals surface area contributed by atoms with E-state index in [1.54, 1.807) is 0 Å². The van der Waals surface area contributed by atoms with Crippen molar-refractivity contribution in [2.75, 3.05) is 5.32 Å². The molecular weight excluding hydrogens is 604 g/mol. The topological polar surface area (TPSA) is 291 Å². The first-order chi connectivity index (χ1) is 19.9. The average Bonchev–Trinajstić information content (AvgIpc) is 3.40. The van der Waals surface area contributed by atoms with E-state index < -0.39 is 55.3 Å². The number of aromatic nitrogens is 3. The van der Waals surface area contributed by atoms with Crippen LogP contribution >= 0.6 is 12.0 Å². The van der Waals surface area contributed by atoms with Gasteiger partial charge in [-0.3, -0.25) is 14.3 Å². The number of hydrogen-bond donors (Lipinski definition) is 7. The largest absolute Gasteiger partial charge is 0.505 e. The summed E-state index contributed by atoms with van der Waals surface area (Å²) >= 11 is 0.320. The van der Waals surface area contributed by atoms with E-state index in [0.717, 1.165) is 12.1 Å². The van der Waals surface area contributed by atoms with Crippen molar-refractivity contribution >= 4 is 73.5 Å². The van der Waals surface area contributed by atoms with Crippen LogP contribution in [0.4, 0.5) is 28.7 Å². The molecule has 42 heavy (non-hydrogen) atoms. The van der Waals surface area contributed by atoms with Crippen molar-refractivity contribution in [3.05, 3.63) is 42.2 Å². The Kier molecular flexibility index (Phi) is 8.70. The number of fused-ring (bicyclic) bond motifs is 1. The number of anilines is 1. The van der Waals surface area contributed by atoms with Crippen LogP contribution in [0.5, 0.6) is 11.5 Å². The molecule has 0 atom stereocenters. The number of phenols is 2. The highest BCUT2D eigenvalue weighted by Crippen LogP contribution is 2.51. The van der Waals surface area contributed by atoms with Gasteiger partial charge in [0.15, 0.2) is 11.5 Å². The van der Waals surface area contributed by atoms with Gasteiger partial charge in [-0.2, -0.15) is 13.5 Å². The van der Waals surface area contributed by atoms with Gasteiger partial charge in [-0.25, -0.2) is 10.1 Å². The van der Waals surface area contributed by atoms with Gasteiger partial charge in [-0.15, -0.1) is 29.9 Å². The minimum atomic E-state index is -5.08. The van der Waals surface area contributed by atoms with Crippen LogP contribution in [0.3, 0.4) is 0 Å². The Hall–Kier alpha value is -5.06. The van der Waals surface area contributed by atoms with Crippen molar-refractivity contribution < 1.29 is 52.5 Å². The second kappa shape index (κ2) is 12.2. The molecule has 0 unspecified atom stereocenters. The Labute approximate surface area is 237 Å². The van der Waals surface area contributed by atoms with Gasteiger partial charge in [0.25, 0.3) is 16.1 Å². The van der Waals surface area contributed by atoms with Gasteiger partial charge in [0, 0.05) is 12.6 Å². The fourth-order valence-corrected chi connectivity index (χ4v) is 4.53. The molecule has 0 aliphatic rings. The number of rotatable bonds is 10. The van der Waals surface area contributed by atoms with Crippen molar-refractivity contribution in [1.29, 1.82) is 0 Å². The molecule has 0 saturated carbocycles. The number of aromatic hydroxyl groups is 2. The fourth-order valence-electron chi connectivity index (χ4n) is 3.38. The Morgan fingerprint density at radius 1 is 1.00 bits per heavy atom. The van der Waals surface area contributed by atoms with E-state index in [-0.39, 0.29) is 27.6 Å². The first kappa shape index (κ1) is 29.9. The third-order valence-corrected chi connectivity index (χ3v) is 6.55. The maximum absolute atomic E-state index is 12.1. The SMILES string of the molecule is CC(=O)Nc1ccc(N=Nc2c(SOOO)cc3cc(S(=O)(=O)O)c(N=Nc4nnc(C(=O)O)[nH]4)c(O)c3c2O)cc1. The fraction of sp³-hybridized carbons (Fsp3) is 0.0476. The summed E-state index contributed by atoms with van der Waals surface area (Å²) in [4.78, 5) is 23.3. The number of carbonyl (C=O) groups is 2. The summed E-state index contributed by atoms with van der Waals surface area (Å²) in [5.41, 5.74) is -0.479. The molecule has 1 heterocycles. The zero-order valence-electron chi connectivity index (χ0n) is 20.6. The maximum atomic E-state index is 12.1. The average molecular weight is 621 g/mol. The number of H-pyrrole nitrogens is 1. The van der Waals surface area contributed by atoms with Crippen LogP contribution in [0, 0.1) is 0 Å². The van der Waals surface area contributed by atoms with Crippen LogP contribution in [-0.4, -0.2) is 60.6 Å². The minimum absolute atomic E-state index is 0.106. The van der Waals surface area contributed by atoms with Crippen molar-refractivity contribution in [2.45, 2.75) is 16.7 Å². The monoisotopic (exact) mass is 620 g/mol. The molecular formula is C21H16N8O11S2. The third kappa shape index (κ3) is 6.63. The normalized spacial score (nSPS) is 12.0. The second-order valence-corrected chi connectivity index (χ2v) is 10.0. The van der Waals surface area contributed by atoms with Crippen LogP contribution in [0.15, 0.2) is 66.6 Å². The number of azo groups is 2. The van der Waals surface area contributed by atoms with E-state index in [1.807, 2.05) is 0 Å². The lowest BCUT2D eigenvalue weighted by Crippen LogP contribution is -2.04. The highest BCUT2D eigenvalue weighted by atomic mass is 32.2. The van der Waals surface area contributed by atoms with E-state index in [2.05, 4.69) is 50.3 Å². The lowest BCUT2D eigenvalue weighted by Gasteiger charge is -2.13. The summed E-state index contributed by atoms with van der Waals surface area (Å²) in [6.07, 6.45) is 0. The zero-order valence-corrected chi connectivity index (χ0v) is 22.3. The Balaban J connectivity index is 1.87. The Morgan fingerprint density at radius 3 is 2.26 bits per heavy atom. The molecule has 19 nitrogen and oxygen atoms in total. The summed E-state index contributed by atoms with van der Waals surface area (Å²) in [7, 11) is -5.08. The molecule has 0 bridgehead atoms. The quantitative estimate of drug-likeness (QED) is 0.0421. The predicted octanol–water partition coefficient (Wildman–Crippen LogP) is 4.53. The number of nitrogens with zero attached hydrogens (tertiary/aromatic N) is 6. The van der Waals surface area contributed by atoms with Gasteiger partial charge >= 0.3 is 5.97 Å². The predicted molar refractivity (Wildman–Crippen MR) is 140 cm³/mol. The highest BCUT2D eigenvalue weighted by Gasteiger charge is 2.26. The molecule has 1 amide bonds. The highest BCUT2D eigenvalue weighted by molar-refractivity contribution is 7.94. The summed E-state index contributed by atoms with van der Waals surface area (Å²) in [5.74, 6) is -4.65. The smallest absolute Gasteiger partial charge is 0.373 e.